The van der Waals surface area contributed by atoms with Gasteiger partial charge in [0.2, 0.25) is 10.0 Å². The molecule has 0 unspecified atom stereocenters. The minimum atomic E-state index is -4.17. The molecular weight excluding hydrogens is 294 g/mol. The molecule has 0 aliphatic carbocycles. The van der Waals surface area contributed by atoms with Crippen molar-refractivity contribution in [3.63, 3.8) is 0 Å². The number of hydrogen-bond acceptors (Lipinski definition) is 3. The van der Waals surface area contributed by atoms with Crippen molar-refractivity contribution >= 4 is 26.0 Å². The van der Waals surface area contributed by atoms with Crippen molar-refractivity contribution in [2.75, 3.05) is 0 Å². The molecule has 0 amide bonds. The Kier molecular flexibility index (Phi) is 3.41. The first-order valence-electron chi connectivity index (χ1n) is 3.71. The van der Waals surface area contributed by atoms with Gasteiger partial charge in [0.25, 0.3) is 6.43 Å². The molecule has 0 saturated heterocycles. The molecule has 0 radical (unpaired) electrons. The van der Waals surface area contributed by atoms with Crippen LogP contribution in [0.1, 0.15) is 17.7 Å². The number of alkyl halides is 2. The van der Waals surface area contributed by atoms with Crippen LogP contribution in [0.4, 0.5) is 8.78 Å². The summed E-state index contributed by atoms with van der Waals surface area (Å²) < 4.78 is 47.0. The first kappa shape index (κ1) is 12.5. The maximum Gasteiger partial charge on any atom is 0.267 e. The lowest BCUT2D eigenvalue weighted by Crippen LogP contribution is -2.16. The molecule has 1 aromatic heterocycles. The summed E-state index contributed by atoms with van der Waals surface area (Å²) in [4.78, 5) is 3.09. The number of sulfonamides is 1. The molecule has 0 aliphatic heterocycles. The molecule has 0 bridgehead atoms. The number of halogens is 3. The smallest absolute Gasteiger partial charge is 0.246 e. The van der Waals surface area contributed by atoms with Gasteiger partial charge in [0.05, 0.1) is 10.5 Å². The SMILES string of the molecule is Cc1cc(S(N)(=O)=O)c(C(F)F)c(Br)n1. The van der Waals surface area contributed by atoms with E-state index in [0.717, 1.165) is 6.07 Å². The fourth-order valence-corrected chi connectivity index (χ4v) is 2.67. The zero-order valence-corrected chi connectivity index (χ0v) is 9.94. The number of nitrogens with zero attached hydrogens (tertiary/aromatic N) is 1. The Morgan fingerprint density at radius 1 is 1.53 bits per heavy atom. The maximum atomic E-state index is 12.6. The molecule has 4 nitrogen and oxygen atoms in total. The van der Waals surface area contributed by atoms with Gasteiger partial charge in [0, 0.05) is 5.69 Å². The van der Waals surface area contributed by atoms with Gasteiger partial charge < -0.3 is 0 Å². The summed E-state index contributed by atoms with van der Waals surface area (Å²) >= 11 is 2.78. The van der Waals surface area contributed by atoms with Crippen molar-refractivity contribution in [1.29, 1.82) is 0 Å². The lowest BCUT2D eigenvalue weighted by Gasteiger charge is -2.09. The molecule has 8 heteroatoms. The highest BCUT2D eigenvalue weighted by Crippen LogP contribution is 2.31. The van der Waals surface area contributed by atoms with Crippen LogP contribution in [0.15, 0.2) is 15.6 Å². The third-order valence-electron chi connectivity index (χ3n) is 1.63. The number of nitrogens with two attached hydrogens (primary N) is 1. The minimum absolute atomic E-state index is 0.207. The average Bonchev–Trinajstić information content (AvgIpc) is 1.99. The molecule has 1 aromatic rings. The van der Waals surface area contributed by atoms with E-state index in [9.17, 15) is 17.2 Å². The van der Waals surface area contributed by atoms with Gasteiger partial charge in [-0.05, 0) is 28.9 Å². The molecule has 1 rings (SSSR count). The lowest BCUT2D eigenvalue weighted by molar-refractivity contribution is 0.146. The average molecular weight is 301 g/mol. The summed E-state index contributed by atoms with van der Waals surface area (Å²) in [6, 6.07) is 1.02. The molecule has 0 aromatic carbocycles. The van der Waals surface area contributed by atoms with Gasteiger partial charge in [-0.2, -0.15) is 0 Å². The van der Waals surface area contributed by atoms with Crippen molar-refractivity contribution in [2.24, 2.45) is 5.14 Å². The summed E-state index contributed by atoms with van der Waals surface area (Å²) in [5.41, 5.74) is -0.418. The monoisotopic (exact) mass is 300 g/mol. The molecule has 0 aliphatic rings. The Morgan fingerprint density at radius 2 is 2.07 bits per heavy atom. The summed E-state index contributed by atoms with van der Waals surface area (Å²) in [5, 5.41) is 4.82. The Hall–Kier alpha value is -0.600. The van der Waals surface area contributed by atoms with E-state index in [4.69, 9.17) is 5.14 Å². The number of aromatic nitrogens is 1. The van der Waals surface area contributed by atoms with E-state index in [-0.39, 0.29) is 10.3 Å². The first-order chi connectivity index (χ1) is 6.73. The second kappa shape index (κ2) is 4.11. The maximum absolute atomic E-state index is 12.6. The highest BCUT2D eigenvalue weighted by atomic mass is 79.9. The van der Waals surface area contributed by atoms with E-state index in [1.54, 1.807) is 0 Å². The van der Waals surface area contributed by atoms with Gasteiger partial charge in [0.1, 0.15) is 4.60 Å². The molecule has 2 N–H and O–H groups in total. The second-order valence-electron chi connectivity index (χ2n) is 2.81. The molecule has 0 spiro atoms. The van der Waals surface area contributed by atoms with E-state index >= 15 is 0 Å². The Balaban J connectivity index is 3.62. The number of aryl methyl sites for hydroxylation is 1. The predicted octanol–water partition coefficient (Wildman–Crippen LogP) is 1.74. The van der Waals surface area contributed by atoms with Crippen LogP contribution in [0.3, 0.4) is 0 Å². The van der Waals surface area contributed by atoms with E-state index in [1.807, 2.05) is 0 Å². The Labute approximate surface area is 93.7 Å². The first-order valence-corrected chi connectivity index (χ1v) is 6.05. The van der Waals surface area contributed by atoms with Crippen LogP contribution in [-0.4, -0.2) is 13.4 Å². The number of primary sulfonamides is 1. The predicted molar refractivity (Wildman–Crippen MR) is 53.0 cm³/mol. The van der Waals surface area contributed by atoms with E-state index in [0.29, 0.717) is 0 Å². The van der Waals surface area contributed by atoms with E-state index in [2.05, 4.69) is 20.9 Å². The topological polar surface area (TPSA) is 73.1 Å². The van der Waals surface area contributed by atoms with Gasteiger partial charge in [-0.3, -0.25) is 0 Å². The standard InChI is InChI=1S/C7H7BrF2N2O2S/c1-3-2-4(15(11,13)14)5(7(9)10)6(8)12-3/h2,7H,1H3,(H2,11,13,14). The second-order valence-corrected chi connectivity index (χ2v) is 5.09. The third-order valence-corrected chi connectivity index (χ3v) is 3.18. The van der Waals surface area contributed by atoms with Crippen LogP contribution in [0.5, 0.6) is 0 Å². The number of rotatable bonds is 2. The zero-order valence-electron chi connectivity index (χ0n) is 7.54. The fraction of sp³-hybridized carbons (Fsp3) is 0.286. The zero-order chi connectivity index (χ0) is 11.8. The van der Waals surface area contributed by atoms with Gasteiger partial charge >= 0.3 is 0 Å². The molecule has 0 fully saturated rings. The van der Waals surface area contributed by atoms with Gasteiger partial charge in [-0.15, -0.1) is 0 Å². The van der Waals surface area contributed by atoms with Crippen LogP contribution in [0.25, 0.3) is 0 Å². The van der Waals surface area contributed by atoms with E-state index < -0.39 is 26.9 Å². The van der Waals surface area contributed by atoms with Crippen LogP contribution in [0.2, 0.25) is 0 Å². The summed E-state index contributed by atoms with van der Waals surface area (Å²) in [6.07, 6.45) is -2.96. The van der Waals surface area contributed by atoms with Crippen molar-refractivity contribution in [1.82, 2.24) is 4.98 Å². The van der Waals surface area contributed by atoms with Crippen molar-refractivity contribution in [3.05, 3.63) is 21.9 Å². The van der Waals surface area contributed by atoms with Crippen LogP contribution in [0, 0.1) is 6.92 Å². The van der Waals surface area contributed by atoms with Crippen molar-refractivity contribution < 1.29 is 17.2 Å². The summed E-state index contributed by atoms with van der Waals surface area (Å²) in [7, 11) is -4.17. The van der Waals surface area contributed by atoms with Crippen LogP contribution < -0.4 is 5.14 Å². The van der Waals surface area contributed by atoms with Crippen molar-refractivity contribution in [2.45, 2.75) is 18.2 Å². The highest BCUT2D eigenvalue weighted by Gasteiger charge is 2.24. The Bertz CT molecular complexity index is 490. The number of pyridine rings is 1. The number of hydrogen-bond donors (Lipinski definition) is 1. The molecule has 1 heterocycles. The fourth-order valence-electron chi connectivity index (χ4n) is 1.05. The molecule has 0 atom stereocenters. The highest BCUT2D eigenvalue weighted by molar-refractivity contribution is 9.10. The summed E-state index contributed by atoms with van der Waals surface area (Å²) in [5.74, 6) is 0. The summed E-state index contributed by atoms with van der Waals surface area (Å²) in [6.45, 7) is 1.48. The van der Waals surface area contributed by atoms with Crippen LogP contribution >= 0.6 is 15.9 Å². The molecule has 84 valence electrons. The Morgan fingerprint density at radius 3 is 2.47 bits per heavy atom. The minimum Gasteiger partial charge on any atom is -0.246 e. The molecule has 15 heavy (non-hydrogen) atoms. The molecule has 0 saturated carbocycles. The van der Waals surface area contributed by atoms with Gasteiger partial charge in [-0.1, -0.05) is 0 Å². The van der Waals surface area contributed by atoms with E-state index in [1.165, 1.54) is 6.92 Å². The lowest BCUT2D eigenvalue weighted by atomic mass is 10.2. The molecular formula is C7H7BrF2N2O2S. The largest absolute Gasteiger partial charge is 0.267 e. The third kappa shape index (κ3) is 2.70. The van der Waals surface area contributed by atoms with Crippen molar-refractivity contribution in [3.8, 4) is 0 Å². The normalized spacial score (nSPS) is 12.1. The van der Waals surface area contributed by atoms with Gasteiger partial charge in [0.15, 0.2) is 0 Å². The quantitative estimate of drug-likeness (QED) is 0.846. The van der Waals surface area contributed by atoms with Crippen LogP contribution in [-0.2, 0) is 10.0 Å². The van der Waals surface area contributed by atoms with Gasteiger partial charge in [-0.25, -0.2) is 27.3 Å².